The van der Waals surface area contributed by atoms with Crippen LogP contribution in [0.1, 0.15) is 29.7 Å². The Balaban J connectivity index is 1.68. The van der Waals surface area contributed by atoms with E-state index in [1.807, 2.05) is 0 Å². The molecule has 1 aliphatic rings. The smallest absolute Gasteiger partial charge is 0.380 e. The van der Waals surface area contributed by atoms with Crippen LogP contribution in [0.15, 0.2) is 41.5 Å². The second kappa shape index (κ2) is 11.6. The lowest BCUT2D eigenvalue weighted by atomic mass is 9.95. The number of aromatic amines is 1. The number of hydrogen-bond donors (Lipinski definition) is 4. The lowest BCUT2D eigenvalue weighted by Gasteiger charge is -2.28. The van der Waals surface area contributed by atoms with Gasteiger partial charge in [-0.2, -0.15) is 4.98 Å². The molecule has 5 N–H and O–H groups in total. The molecule has 14 nitrogen and oxygen atoms in total. The molecule has 2 unspecified atom stereocenters. The molecular formula is C24H31FN5O9P. The van der Waals surface area contributed by atoms with Gasteiger partial charge in [-0.15, -0.1) is 0 Å². The first-order valence-electron chi connectivity index (χ1n) is 13.2. The summed E-state index contributed by atoms with van der Waals surface area (Å²) in [5.41, 5.74) is 1.53. The number of H-pyrrole nitrogens is 1. The monoisotopic (exact) mass is 585 g/mol. The van der Waals surface area contributed by atoms with Gasteiger partial charge < -0.3 is 29.9 Å². The summed E-state index contributed by atoms with van der Waals surface area (Å²) in [5, 5.41) is 22.1. The van der Waals surface area contributed by atoms with E-state index >= 15 is 0 Å². The number of aliphatic hydroxyl groups excluding tert-OH is 1. The molecule has 40 heavy (non-hydrogen) atoms. The van der Waals surface area contributed by atoms with E-state index in [1.165, 1.54) is 19.1 Å². The zero-order valence-electron chi connectivity index (χ0n) is 23.8. The van der Waals surface area contributed by atoms with Gasteiger partial charge in [0.1, 0.15) is 24.6 Å². The van der Waals surface area contributed by atoms with Crippen LogP contribution in [0.5, 0.6) is 5.75 Å². The van der Waals surface area contributed by atoms with Crippen molar-refractivity contribution in [2.75, 3.05) is 25.1 Å². The molecule has 4 rings (SSSR count). The van der Waals surface area contributed by atoms with Gasteiger partial charge in [0.2, 0.25) is 5.95 Å². The van der Waals surface area contributed by atoms with Crippen molar-refractivity contribution in [1.82, 2.24) is 19.5 Å². The highest BCUT2D eigenvalue weighted by Crippen LogP contribution is 2.51. The molecule has 0 aliphatic carbocycles. The molecule has 218 valence electrons. The van der Waals surface area contributed by atoms with Crippen LogP contribution in [0.2, 0.25) is 0 Å². The Bertz CT molecular complexity index is 1540. The number of carbonyl (C=O) groups excluding carboxylic acids is 1. The molecule has 1 fully saturated rings. The zero-order chi connectivity index (χ0) is 31.0. The van der Waals surface area contributed by atoms with Gasteiger partial charge in [-0.3, -0.25) is 23.7 Å². The largest absolute Gasteiger partial charge is 0.463 e. The Morgan fingerprint density at radius 1 is 1.38 bits per heavy atom. The van der Waals surface area contributed by atoms with Crippen molar-refractivity contribution in [3.63, 3.8) is 0 Å². The Morgan fingerprint density at radius 2 is 2.08 bits per heavy atom. The molecular weight excluding hydrogens is 552 g/mol. The number of anilines is 1. The standard InChI is InChI=1S/C24H31FN5O9P/c1-13(2)37-21(33)14(3)10-40(35,39-15-7-5-4-6-8-15)36-9-16-18(31)24(34,11-25)22(38-16)30-12-27-17-19(30)28-23(26)29-20(17)32/h4-8,12-14,16,18,22,31,34H,9-11H2,1-3H3,(H3,26,28,29,32)/t14-,16-,18+,22-,24?,40?/m1/s1/i9D2. The van der Waals surface area contributed by atoms with Gasteiger partial charge in [-0.05, 0) is 26.0 Å². The fourth-order valence-corrected chi connectivity index (χ4v) is 5.74. The number of nitrogen functional groups attached to an aromatic ring is 1. The highest BCUT2D eigenvalue weighted by atomic mass is 31.2. The summed E-state index contributed by atoms with van der Waals surface area (Å²) >= 11 is 0. The molecule has 1 aromatic carbocycles. The summed E-state index contributed by atoms with van der Waals surface area (Å²) in [6, 6.07) is 7.61. The fourth-order valence-electron chi connectivity index (χ4n) is 4.02. The van der Waals surface area contributed by atoms with Gasteiger partial charge in [0, 0.05) is 0 Å². The molecule has 16 heteroatoms. The number of nitrogens with zero attached hydrogens (tertiary/aromatic N) is 3. The Morgan fingerprint density at radius 3 is 2.73 bits per heavy atom. The van der Waals surface area contributed by atoms with Crippen LogP contribution in [0.25, 0.3) is 11.2 Å². The lowest BCUT2D eigenvalue weighted by Crippen LogP contribution is -2.49. The van der Waals surface area contributed by atoms with E-state index < -0.39 is 74.6 Å². The number of para-hydroxylation sites is 1. The number of imidazole rings is 1. The van der Waals surface area contributed by atoms with Gasteiger partial charge in [-0.25, -0.2) is 13.9 Å². The summed E-state index contributed by atoms with van der Waals surface area (Å²) in [6.45, 7) is -0.257. The van der Waals surface area contributed by atoms with Crippen LogP contribution in [0, 0.1) is 5.92 Å². The Hall–Kier alpha value is -3.36. The van der Waals surface area contributed by atoms with E-state index in [-0.39, 0.29) is 22.9 Å². The predicted octanol–water partition coefficient (Wildman–Crippen LogP) is 1.54. The van der Waals surface area contributed by atoms with Crippen molar-refractivity contribution in [2.24, 2.45) is 5.92 Å². The first-order chi connectivity index (χ1) is 19.6. The minimum absolute atomic E-state index is 0.0193. The lowest BCUT2D eigenvalue weighted by molar-refractivity contribution is -0.151. The number of carbonyl (C=O) groups is 1. The summed E-state index contributed by atoms with van der Waals surface area (Å²) in [6.07, 6.45) is -6.55. The van der Waals surface area contributed by atoms with Crippen molar-refractivity contribution in [3.8, 4) is 5.75 Å². The predicted molar refractivity (Wildman–Crippen MR) is 139 cm³/mol. The molecule has 0 spiro atoms. The molecule has 0 amide bonds. The number of benzene rings is 1. The van der Waals surface area contributed by atoms with Crippen LogP contribution >= 0.6 is 7.60 Å². The number of nitrogens with one attached hydrogen (secondary N) is 1. The average molecular weight is 586 g/mol. The molecule has 3 aromatic rings. The van der Waals surface area contributed by atoms with Crippen LogP contribution in [-0.2, 0) is 23.4 Å². The molecule has 1 saturated heterocycles. The van der Waals surface area contributed by atoms with Gasteiger partial charge in [0.05, 0.1) is 33.8 Å². The van der Waals surface area contributed by atoms with Crippen LogP contribution in [-0.4, -0.2) is 79.0 Å². The number of fused-ring (bicyclic) bond motifs is 1. The third kappa shape index (κ3) is 6.03. The number of alkyl halides is 1. The van der Waals surface area contributed by atoms with E-state index in [0.717, 1.165) is 10.9 Å². The van der Waals surface area contributed by atoms with Crippen LogP contribution in [0.3, 0.4) is 0 Å². The van der Waals surface area contributed by atoms with Crippen LogP contribution in [0.4, 0.5) is 10.3 Å². The van der Waals surface area contributed by atoms with E-state index in [1.54, 1.807) is 32.0 Å². The van der Waals surface area contributed by atoms with Crippen LogP contribution < -0.4 is 15.8 Å². The van der Waals surface area contributed by atoms with Gasteiger partial charge in [-0.1, -0.05) is 25.1 Å². The third-order valence-electron chi connectivity index (χ3n) is 5.97. The summed E-state index contributed by atoms with van der Waals surface area (Å²) in [4.78, 5) is 34.7. The Labute approximate surface area is 230 Å². The molecule has 0 saturated carbocycles. The number of ether oxygens (including phenoxy) is 2. The van der Waals surface area contributed by atoms with Gasteiger partial charge in [0.25, 0.3) is 5.56 Å². The van der Waals surface area contributed by atoms with Crippen molar-refractivity contribution < 1.29 is 45.2 Å². The summed E-state index contributed by atoms with van der Waals surface area (Å²) < 4.78 is 68.1. The highest BCUT2D eigenvalue weighted by molar-refractivity contribution is 7.54. The van der Waals surface area contributed by atoms with E-state index in [4.69, 9.17) is 27.0 Å². The van der Waals surface area contributed by atoms with Crippen molar-refractivity contribution in [3.05, 3.63) is 47.0 Å². The second-order valence-corrected chi connectivity index (χ2v) is 11.5. The van der Waals surface area contributed by atoms with Gasteiger partial charge in [0.15, 0.2) is 23.0 Å². The van der Waals surface area contributed by atoms with Crippen molar-refractivity contribution in [1.29, 1.82) is 0 Å². The quantitative estimate of drug-likeness (QED) is 0.187. The Kier molecular flexibility index (Phi) is 7.80. The highest BCUT2D eigenvalue weighted by Gasteiger charge is 2.57. The minimum Gasteiger partial charge on any atom is -0.463 e. The average Bonchev–Trinajstić information content (AvgIpc) is 3.42. The number of nitrogens with two attached hydrogens (primary N) is 1. The second-order valence-electron chi connectivity index (χ2n) is 9.55. The number of esters is 1. The number of halogens is 1. The first kappa shape index (κ1) is 26.8. The SMILES string of the molecule is [2H]C([2H])(OP(=O)(C[C@@H](C)C(=O)OC(C)C)Oc1ccccc1)[C@H]1O[C@@H](n2cnc3c(=O)[nH]c(N)nc32)C(O)(CF)[C@H]1O. The van der Waals surface area contributed by atoms with E-state index in [2.05, 4.69) is 15.0 Å². The first-order valence-corrected chi connectivity index (χ1v) is 13.9. The number of aromatic nitrogens is 4. The summed E-state index contributed by atoms with van der Waals surface area (Å²) in [5.74, 6) is -2.15. The number of hydrogen-bond acceptors (Lipinski definition) is 12. The molecule has 3 heterocycles. The normalized spacial score (nSPS) is 26.2. The maximum atomic E-state index is 14.4. The maximum absolute atomic E-state index is 14.4. The van der Waals surface area contributed by atoms with Crippen molar-refractivity contribution in [2.45, 2.75) is 50.9 Å². The number of rotatable bonds is 11. The topological polar surface area (TPSA) is 201 Å². The fraction of sp³-hybridized carbons (Fsp3) is 0.500. The van der Waals surface area contributed by atoms with E-state index in [9.17, 15) is 28.8 Å². The molecule has 0 radical (unpaired) electrons. The van der Waals surface area contributed by atoms with Gasteiger partial charge >= 0.3 is 13.6 Å². The third-order valence-corrected chi connectivity index (χ3v) is 7.83. The molecule has 0 bridgehead atoms. The zero-order valence-corrected chi connectivity index (χ0v) is 22.7. The number of aliphatic hydroxyl groups is 2. The minimum atomic E-state index is -4.61. The molecule has 2 aromatic heterocycles. The maximum Gasteiger partial charge on any atom is 0.380 e. The molecule has 6 atom stereocenters. The molecule has 1 aliphatic heterocycles. The van der Waals surface area contributed by atoms with E-state index in [0.29, 0.717) is 0 Å². The van der Waals surface area contributed by atoms with Crippen molar-refractivity contribution >= 4 is 30.7 Å². The summed E-state index contributed by atoms with van der Waals surface area (Å²) in [7, 11) is -4.61.